The number of aromatic amines is 1. The van der Waals surface area contributed by atoms with E-state index in [2.05, 4.69) is 64.8 Å². The number of carboxylic acids is 3. The SMILES string of the molecule is CC(C)CC(NC(=O)C(CC(=O)O)NC(=O)C(Cc1cnc[nH]1)NC(=O)C(CCCN=C(N)N)NC(=O)C(CC(=O)O)NC(=O)CNC(=O)CNC(=O)C(N)CS)C(=O)O. The molecule has 0 aliphatic heterocycles. The van der Waals surface area contributed by atoms with Crippen LogP contribution < -0.4 is 54.4 Å². The fraction of sp³-hybridized carbons (Fsp3) is 0.576. The molecule has 0 aromatic carbocycles. The average molecular weight is 872 g/mol. The number of rotatable bonds is 28. The van der Waals surface area contributed by atoms with E-state index in [0.717, 1.165) is 0 Å². The Bertz CT molecular complexity index is 1710. The smallest absolute Gasteiger partial charge is 0.326 e. The van der Waals surface area contributed by atoms with Gasteiger partial charge in [-0.15, -0.1) is 0 Å². The van der Waals surface area contributed by atoms with E-state index in [0.29, 0.717) is 0 Å². The molecular weight excluding hydrogens is 819 g/mol. The molecule has 1 aromatic rings. The van der Waals surface area contributed by atoms with Crippen LogP contribution in [0.3, 0.4) is 0 Å². The van der Waals surface area contributed by atoms with E-state index in [1.165, 1.54) is 12.5 Å². The number of guanidine groups is 1. The Kier molecular flexibility index (Phi) is 22.7. The second-order valence-electron chi connectivity index (χ2n) is 13.5. The van der Waals surface area contributed by atoms with Crippen molar-refractivity contribution in [3.8, 4) is 0 Å². The summed E-state index contributed by atoms with van der Waals surface area (Å²) in [6.07, 6.45) is -0.0172. The maximum atomic E-state index is 13.8. The Morgan fingerprint density at radius 3 is 1.77 bits per heavy atom. The van der Waals surface area contributed by atoms with Crippen LogP contribution in [0, 0.1) is 5.92 Å². The summed E-state index contributed by atoms with van der Waals surface area (Å²) in [7, 11) is 0. The minimum Gasteiger partial charge on any atom is -0.481 e. The van der Waals surface area contributed by atoms with Crippen molar-refractivity contribution in [2.75, 3.05) is 25.4 Å². The maximum Gasteiger partial charge on any atom is 0.326 e. The average Bonchev–Trinajstić information content (AvgIpc) is 3.68. The maximum absolute atomic E-state index is 13.8. The Balaban J connectivity index is 3.33. The van der Waals surface area contributed by atoms with Crippen LogP contribution in [0.5, 0.6) is 0 Å². The number of aromatic nitrogens is 2. The molecule has 1 aromatic heterocycles. The summed E-state index contributed by atoms with van der Waals surface area (Å²) in [4.78, 5) is 136. The van der Waals surface area contributed by atoms with Crippen molar-refractivity contribution in [2.24, 2.45) is 28.1 Å². The summed E-state index contributed by atoms with van der Waals surface area (Å²) >= 11 is 3.87. The zero-order valence-electron chi connectivity index (χ0n) is 32.8. The Labute approximate surface area is 348 Å². The van der Waals surface area contributed by atoms with Gasteiger partial charge in [0.15, 0.2) is 5.96 Å². The van der Waals surface area contributed by atoms with Crippen LogP contribution in [0.4, 0.5) is 0 Å². The van der Waals surface area contributed by atoms with Crippen molar-refractivity contribution in [1.82, 2.24) is 47.2 Å². The number of nitrogens with one attached hydrogen (secondary N) is 8. The van der Waals surface area contributed by atoms with E-state index >= 15 is 0 Å². The summed E-state index contributed by atoms with van der Waals surface area (Å²) < 4.78 is 0. The minimum absolute atomic E-state index is 0.00541. The molecule has 0 radical (unpaired) electrons. The third-order valence-electron chi connectivity index (χ3n) is 7.96. The number of aliphatic imine (C=N–C) groups is 1. The number of carbonyl (C=O) groups excluding carboxylic acids is 7. The lowest BCUT2D eigenvalue weighted by atomic mass is 10.0. The molecule has 1 heterocycles. The predicted molar refractivity (Wildman–Crippen MR) is 211 cm³/mol. The first-order valence-corrected chi connectivity index (χ1v) is 18.9. The highest BCUT2D eigenvalue weighted by Crippen LogP contribution is 2.08. The normalized spacial score (nSPS) is 13.8. The topological polar surface area (TPSA) is 435 Å². The van der Waals surface area contributed by atoms with Gasteiger partial charge in [0.2, 0.25) is 41.4 Å². The highest BCUT2D eigenvalue weighted by molar-refractivity contribution is 7.80. The standard InChI is InChI=1S/C33H53N13O13S/c1-15(2)6-22(32(58)59)46-31(57)21(9-26(51)52)45-29(55)19(7-16-10-37-14-41-16)44-28(54)18(4-3-5-38-33(35)36)43-30(56)20(8-25(49)50)42-24(48)12-39-23(47)11-40-27(53)17(34)13-60/h10,14-15,17-22,60H,3-9,11-13,34H2,1-2H3,(H,37,41)(H,39,47)(H,40,53)(H,42,48)(H,43,56)(H,44,54)(H,45,55)(H,46,57)(H,49,50)(H,51,52)(H,58,59)(H4,35,36,38). The number of H-pyrrole nitrogens is 1. The van der Waals surface area contributed by atoms with Crippen LogP contribution in [0.25, 0.3) is 0 Å². The molecule has 6 unspecified atom stereocenters. The molecule has 0 bridgehead atoms. The zero-order chi connectivity index (χ0) is 45.5. The zero-order valence-corrected chi connectivity index (χ0v) is 33.7. The van der Waals surface area contributed by atoms with Gasteiger partial charge in [-0.3, -0.25) is 48.1 Å². The number of carboxylic acid groups (broad SMARTS) is 3. The van der Waals surface area contributed by atoms with Crippen LogP contribution in [0.2, 0.25) is 0 Å². The van der Waals surface area contributed by atoms with E-state index in [1.54, 1.807) is 13.8 Å². The first kappa shape index (κ1) is 51.5. The summed E-state index contributed by atoms with van der Waals surface area (Å²) in [5, 5.41) is 44.3. The first-order valence-electron chi connectivity index (χ1n) is 18.2. The van der Waals surface area contributed by atoms with E-state index in [9.17, 15) is 63.3 Å². The molecule has 1 rings (SSSR count). The van der Waals surface area contributed by atoms with Crippen LogP contribution in [-0.2, 0) is 54.4 Å². The highest BCUT2D eigenvalue weighted by Gasteiger charge is 2.34. The predicted octanol–water partition coefficient (Wildman–Crippen LogP) is -6.00. The monoisotopic (exact) mass is 871 g/mol. The lowest BCUT2D eigenvalue weighted by Gasteiger charge is -2.26. The molecule has 0 saturated heterocycles. The van der Waals surface area contributed by atoms with Gasteiger partial charge in [-0.05, 0) is 25.2 Å². The number of carbonyl (C=O) groups is 10. The Morgan fingerprint density at radius 2 is 1.25 bits per heavy atom. The number of imidazole rings is 1. The summed E-state index contributed by atoms with van der Waals surface area (Å²) in [5.41, 5.74) is 16.5. The van der Waals surface area contributed by atoms with E-state index in [1.807, 2.05) is 0 Å². The van der Waals surface area contributed by atoms with Gasteiger partial charge in [0.1, 0.15) is 30.2 Å². The third kappa shape index (κ3) is 20.8. The molecule has 17 N–H and O–H groups in total. The number of thiol groups is 1. The summed E-state index contributed by atoms with van der Waals surface area (Å²) in [5.74, 6) is -12.0. The molecule has 334 valence electrons. The second kappa shape index (κ2) is 26.5. The highest BCUT2D eigenvalue weighted by atomic mass is 32.1. The van der Waals surface area contributed by atoms with Gasteiger partial charge in [0.05, 0.1) is 38.3 Å². The number of hydrogen-bond donors (Lipinski definition) is 15. The van der Waals surface area contributed by atoms with Gasteiger partial charge in [0, 0.05) is 30.6 Å². The summed E-state index contributed by atoms with van der Waals surface area (Å²) in [6.45, 7) is 1.99. The molecule has 0 aliphatic carbocycles. The van der Waals surface area contributed by atoms with E-state index in [4.69, 9.17) is 17.2 Å². The molecule has 27 heteroatoms. The number of nitrogens with two attached hydrogens (primary N) is 3. The minimum atomic E-state index is -1.82. The molecular formula is C33H53N13O13S. The fourth-order valence-corrected chi connectivity index (χ4v) is 5.18. The van der Waals surface area contributed by atoms with Crippen molar-refractivity contribution >= 4 is 77.8 Å². The van der Waals surface area contributed by atoms with Crippen LogP contribution in [0.1, 0.15) is 51.6 Å². The van der Waals surface area contributed by atoms with E-state index < -0.39 is 121 Å². The largest absolute Gasteiger partial charge is 0.481 e. The Hall–Kier alpha value is -6.51. The molecule has 0 saturated carbocycles. The van der Waals surface area contributed by atoms with Gasteiger partial charge in [-0.2, -0.15) is 12.6 Å². The number of aliphatic carboxylic acids is 3. The molecule has 6 atom stereocenters. The van der Waals surface area contributed by atoms with Crippen LogP contribution in [0.15, 0.2) is 17.5 Å². The lowest BCUT2D eigenvalue weighted by Crippen LogP contribution is -2.60. The number of hydrogen-bond acceptors (Lipinski definition) is 14. The number of amides is 7. The summed E-state index contributed by atoms with van der Waals surface area (Å²) in [6, 6.07) is -9.25. The van der Waals surface area contributed by atoms with Crippen molar-refractivity contribution in [3.63, 3.8) is 0 Å². The van der Waals surface area contributed by atoms with Gasteiger partial charge in [0.25, 0.3) is 0 Å². The Morgan fingerprint density at radius 1 is 0.733 bits per heavy atom. The van der Waals surface area contributed by atoms with Gasteiger partial charge < -0.3 is 74.7 Å². The molecule has 0 fully saturated rings. The van der Waals surface area contributed by atoms with Crippen molar-refractivity contribution in [1.29, 1.82) is 0 Å². The van der Waals surface area contributed by atoms with Crippen LogP contribution >= 0.6 is 12.6 Å². The quantitative estimate of drug-likeness (QED) is 0.0161. The van der Waals surface area contributed by atoms with Crippen molar-refractivity contribution in [3.05, 3.63) is 18.2 Å². The molecule has 0 spiro atoms. The molecule has 0 aliphatic rings. The molecule has 26 nitrogen and oxygen atoms in total. The van der Waals surface area contributed by atoms with Gasteiger partial charge >= 0.3 is 17.9 Å². The third-order valence-corrected chi connectivity index (χ3v) is 8.35. The van der Waals surface area contributed by atoms with Gasteiger partial charge in [-0.1, -0.05) is 13.8 Å². The fourth-order valence-electron chi connectivity index (χ4n) is 5.02. The van der Waals surface area contributed by atoms with Gasteiger partial charge in [-0.25, -0.2) is 9.78 Å². The van der Waals surface area contributed by atoms with Crippen LogP contribution in [-0.4, -0.2) is 152 Å². The second-order valence-corrected chi connectivity index (χ2v) is 13.9. The van der Waals surface area contributed by atoms with Crippen molar-refractivity contribution in [2.45, 2.75) is 88.6 Å². The van der Waals surface area contributed by atoms with E-state index in [-0.39, 0.29) is 55.6 Å². The first-order chi connectivity index (χ1) is 28.1. The molecule has 60 heavy (non-hydrogen) atoms. The lowest BCUT2D eigenvalue weighted by molar-refractivity contribution is -0.144. The molecule has 7 amide bonds. The van der Waals surface area contributed by atoms with Crippen molar-refractivity contribution < 1.29 is 63.3 Å². The number of nitrogens with zero attached hydrogens (tertiary/aromatic N) is 2.